The third-order valence-corrected chi connectivity index (χ3v) is 3.48. The fourth-order valence-electron chi connectivity index (χ4n) is 1.79. The number of carbonyl (C=O) groups is 1. The minimum absolute atomic E-state index is 0.0698. The molecule has 3 rings (SSSR count). The molecule has 1 aliphatic rings. The zero-order valence-electron chi connectivity index (χ0n) is 9.47. The van der Waals surface area contributed by atoms with Crippen molar-refractivity contribution >= 4 is 23.1 Å². The van der Waals surface area contributed by atoms with Crippen LogP contribution in [0.15, 0.2) is 24.3 Å². The van der Waals surface area contributed by atoms with Crippen molar-refractivity contribution < 1.29 is 9.53 Å². The van der Waals surface area contributed by atoms with Gasteiger partial charge in [0.2, 0.25) is 0 Å². The van der Waals surface area contributed by atoms with Crippen molar-refractivity contribution in [2.24, 2.45) is 5.73 Å². The van der Waals surface area contributed by atoms with E-state index in [2.05, 4.69) is 9.69 Å². The van der Waals surface area contributed by atoms with Gasteiger partial charge in [-0.1, -0.05) is 0 Å². The number of nitrogens with zero attached hydrogens (tertiary/aromatic N) is 1. The van der Waals surface area contributed by atoms with E-state index in [4.69, 9.17) is 10.5 Å². The molecule has 0 aliphatic carbocycles. The molecule has 1 aromatic heterocycles. The van der Waals surface area contributed by atoms with E-state index in [-0.39, 0.29) is 12.5 Å². The van der Waals surface area contributed by atoms with Crippen molar-refractivity contribution in [3.8, 4) is 17.0 Å². The Morgan fingerprint density at radius 1 is 1.44 bits per heavy atom. The van der Waals surface area contributed by atoms with Crippen molar-refractivity contribution in [3.63, 3.8) is 0 Å². The molecular formula is C12H11N3O2S. The van der Waals surface area contributed by atoms with Crippen LogP contribution in [0.5, 0.6) is 5.75 Å². The lowest BCUT2D eigenvalue weighted by atomic mass is 10.1. The molecule has 1 amide bonds. The number of rotatable bonds is 2. The number of carbonyl (C=O) groups excluding carboxylic acids is 1. The molecule has 6 heteroatoms. The van der Waals surface area contributed by atoms with E-state index < -0.39 is 0 Å². The highest BCUT2D eigenvalue weighted by molar-refractivity contribution is 7.06. The Hall–Kier alpha value is -1.92. The van der Waals surface area contributed by atoms with Gasteiger partial charge < -0.3 is 15.8 Å². The second kappa shape index (κ2) is 4.40. The first-order valence-electron chi connectivity index (χ1n) is 5.49. The molecule has 2 heterocycles. The van der Waals surface area contributed by atoms with Gasteiger partial charge in [0.15, 0.2) is 6.61 Å². The largest absolute Gasteiger partial charge is 0.482 e. The monoisotopic (exact) mass is 261 g/mol. The maximum atomic E-state index is 11.3. The standard InChI is InChI=1S/C12H11N3O2S/c13-5-8-4-9(15-18-8)7-1-2-11-10(3-7)14-12(16)6-17-11/h1-4H,5-6,13H2,(H,14,16). The number of benzene rings is 1. The van der Waals surface area contributed by atoms with E-state index in [1.165, 1.54) is 11.5 Å². The molecule has 92 valence electrons. The number of aromatic nitrogens is 1. The van der Waals surface area contributed by atoms with Gasteiger partial charge in [0.25, 0.3) is 5.91 Å². The Balaban J connectivity index is 1.98. The van der Waals surface area contributed by atoms with E-state index in [0.717, 1.165) is 16.1 Å². The molecule has 0 fully saturated rings. The topological polar surface area (TPSA) is 77.2 Å². The number of amides is 1. The fourth-order valence-corrected chi connectivity index (χ4v) is 2.40. The molecule has 0 spiro atoms. The van der Waals surface area contributed by atoms with Gasteiger partial charge in [-0.15, -0.1) is 0 Å². The normalized spacial score (nSPS) is 13.7. The summed E-state index contributed by atoms with van der Waals surface area (Å²) in [6.07, 6.45) is 0. The van der Waals surface area contributed by atoms with Crippen LogP contribution in [0.3, 0.4) is 0 Å². The van der Waals surface area contributed by atoms with Gasteiger partial charge in [0, 0.05) is 17.0 Å². The van der Waals surface area contributed by atoms with E-state index >= 15 is 0 Å². The number of nitrogens with one attached hydrogen (secondary N) is 1. The lowest BCUT2D eigenvalue weighted by Gasteiger charge is -2.18. The summed E-state index contributed by atoms with van der Waals surface area (Å²) in [6.45, 7) is 0.558. The molecule has 0 saturated heterocycles. The average molecular weight is 261 g/mol. The maximum absolute atomic E-state index is 11.3. The number of hydrogen-bond donors (Lipinski definition) is 2. The SMILES string of the molecule is NCc1cc(-c2ccc3c(c2)NC(=O)CO3)ns1. The molecule has 0 atom stereocenters. The van der Waals surface area contributed by atoms with Crippen molar-refractivity contribution in [2.75, 3.05) is 11.9 Å². The molecule has 1 aliphatic heterocycles. The number of anilines is 1. The van der Waals surface area contributed by atoms with Gasteiger partial charge in [-0.2, -0.15) is 4.37 Å². The summed E-state index contributed by atoms with van der Waals surface area (Å²) in [5, 5.41) is 2.78. The van der Waals surface area contributed by atoms with Crippen molar-refractivity contribution in [2.45, 2.75) is 6.54 Å². The molecule has 0 radical (unpaired) electrons. The highest BCUT2D eigenvalue weighted by atomic mass is 32.1. The summed E-state index contributed by atoms with van der Waals surface area (Å²) in [6, 6.07) is 7.58. The number of fused-ring (bicyclic) bond motifs is 1. The summed E-state index contributed by atoms with van der Waals surface area (Å²) in [7, 11) is 0. The highest BCUT2D eigenvalue weighted by Gasteiger charge is 2.16. The van der Waals surface area contributed by atoms with E-state index in [1.807, 2.05) is 24.3 Å². The van der Waals surface area contributed by atoms with E-state index in [1.54, 1.807) is 0 Å². The molecule has 5 nitrogen and oxygen atoms in total. The molecule has 1 aromatic carbocycles. The van der Waals surface area contributed by atoms with Crippen LogP contribution in [0.4, 0.5) is 5.69 Å². The minimum atomic E-state index is -0.138. The number of nitrogens with two attached hydrogens (primary N) is 1. The summed E-state index contributed by atoms with van der Waals surface area (Å²) in [4.78, 5) is 12.3. The molecule has 2 aromatic rings. The molecule has 18 heavy (non-hydrogen) atoms. The van der Waals surface area contributed by atoms with Crippen LogP contribution in [-0.4, -0.2) is 16.9 Å². The quantitative estimate of drug-likeness (QED) is 0.860. The minimum Gasteiger partial charge on any atom is -0.482 e. The third kappa shape index (κ3) is 1.96. The van der Waals surface area contributed by atoms with Crippen molar-refractivity contribution in [3.05, 3.63) is 29.1 Å². The Morgan fingerprint density at radius 2 is 2.33 bits per heavy atom. The summed E-state index contributed by atoms with van der Waals surface area (Å²) >= 11 is 1.39. The van der Waals surface area contributed by atoms with Gasteiger partial charge in [-0.25, -0.2) is 0 Å². The smallest absolute Gasteiger partial charge is 0.262 e. The summed E-state index contributed by atoms with van der Waals surface area (Å²) in [5.74, 6) is 0.549. The average Bonchev–Trinajstić information content (AvgIpc) is 2.86. The molecular weight excluding hydrogens is 250 g/mol. The lowest BCUT2D eigenvalue weighted by molar-refractivity contribution is -0.118. The molecule has 0 saturated carbocycles. The molecule has 0 unspecified atom stereocenters. The van der Waals surface area contributed by atoms with Gasteiger partial charge in [0.1, 0.15) is 5.75 Å². The Bertz CT molecular complexity index is 609. The van der Waals surface area contributed by atoms with Gasteiger partial charge in [-0.05, 0) is 35.8 Å². The predicted octanol–water partition coefficient (Wildman–Crippen LogP) is 1.60. The van der Waals surface area contributed by atoms with Gasteiger partial charge >= 0.3 is 0 Å². The number of hydrogen-bond acceptors (Lipinski definition) is 5. The highest BCUT2D eigenvalue weighted by Crippen LogP contribution is 2.32. The van der Waals surface area contributed by atoms with Gasteiger partial charge in [0.05, 0.1) is 11.4 Å². The Kier molecular flexibility index (Phi) is 2.73. The fraction of sp³-hybridized carbons (Fsp3) is 0.167. The van der Waals surface area contributed by atoms with Crippen LogP contribution in [0.2, 0.25) is 0 Å². The van der Waals surface area contributed by atoms with Crippen LogP contribution < -0.4 is 15.8 Å². The predicted molar refractivity (Wildman–Crippen MR) is 69.6 cm³/mol. The Morgan fingerprint density at radius 3 is 3.11 bits per heavy atom. The Labute approximate surface area is 108 Å². The zero-order valence-corrected chi connectivity index (χ0v) is 10.3. The first-order chi connectivity index (χ1) is 8.76. The second-order valence-corrected chi connectivity index (χ2v) is 4.82. The van der Waals surface area contributed by atoms with E-state index in [9.17, 15) is 4.79 Å². The van der Waals surface area contributed by atoms with Crippen LogP contribution in [0.1, 0.15) is 4.88 Å². The van der Waals surface area contributed by atoms with Crippen LogP contribution >= 0.6 is 11.5 Å². The van der Waals surface area contributed by atoms with Crippen molar-refractivity contribution in [1.82, 2.24) is 4.37 Å². The first kappa shape index (κ1) is 11.2. The van der Waals surface area contributed by atoms with E-state index in [0.29, 0.717) is 18.0 Å². The summed E-state index contributed by atoms with van der Waals surface area (Å²) in [5.41, 5.74) is 8.05. The van der Waals surface area contributed by atoms with Crippen molar-refractivity contribution in [1.29, 1.82) is 0 Å². The number of ether oxygens (including phenoxy) is 1. The maximum Gasteiger partial charge on any atom is 0.262 e. The van der Waals surface area contributed by atoms with Crippen LogP contribution in [0, 0.1) is 0 Å². The first-order valence-corrected chi connectivity index (χ1v) is 6.26. The van der Waals surface area contributed by atoms with Gasteiger partial charge in [-0.3, -0.25) is 4.79 Å². The zero-order chi connectivity index (χ0) is 12.5. The van der Waals surface area contributed by atoms with Crippen LogP contribution in [-0.2, 0) is 11.3 Å². The second-order valence-electron chi connectivity index (χ2n) is 3.93. The molecule has 3 N–H and O–H groups in total. The lowest BCUT2D eigenvalue weighted by Crippen LogP contribution is -2.25. The third-order valence-electron chi connectivity index (χ3n) is 2.67. The molecule has 0 bridgehead atoms. The van der Waals surface area contributed by atoms with Crippen LogP contribution in [0.25, 0.3) is 11.3 Å². The summed E-state index contributed by atoms with van der Waals surface area (Å²) < 4.78 is 9.64.